The Morgan fingerprint density at radius 2 is 1.78 bits per heavy atom. The summed E-state index contributed by atoms with van der Waals surface area (Å²) in [7, 11) is 0. The van der Waals surface area contributed by atoms with Crippen LogP contribution in [0.5, 0.6) is 0 Å². The minimum Gasteiger partial charge on any atom is -0.310 e. The fourth-order valence-electron chi connectivity index (χ4n) is 5.28. The Morgan fingerprint density at radius 3 is 2.56 bits per heavy atom. The van der Waals surface area contributed by atoms with E-state index in [2.05, 4.69) is 34.6 Å². The molecule has 0 saturated heterocycles. The molecule has 2 aliphatic carbocycles. The van der Waals surface area contributed by atoms with Gasteiger partial charge in [0.25, 0.3) is 5.56 Å². The number of hydrogen-bond acceptors (Lipinski definition) is 4. The quantitative estimate of drug-likeness (QED) is 0.511. The number of aromatic nitrogens is 2. The molecule has 2 aromatic carbocycles. The van der Waals surface area contributed by atoms with Crippen LogP contribution in [-0.2, 0) is 32.2 Å². The first-order valence-electron chi connectivity index (χ1n) is 11.2. The van der Waals surface area contributed by atoms with E-state index in [4.69, 9.17) is 0 Å². The molecule has 2 heterocycles. The van der Waals surface area contributed by atoms with Crippen molar-refractivity contribution in [2.24, 2.45) is 0 Å². The van der Waals surface area contributed by atoms with Gasteiger partial charge in [-0.15, -0.1) is 11.3 Å². The molecule has 0 bridgehead atoms. The van der Waals surface area contributed by atoms with Gasteiger partial charge >= 0.3 is 0 Å². The molecule has 6 rings (SSSR count). The topological polar surface area (TPSA) is 46.9 Å². The van der Waals surface area contributed by atoms with Gasteiger partial charge in [-0.05, 0) is 54.9 Å². The van der Waals surface area contributed by atoms with Gasteiger partial charge in [0.15, 0.2) is 0 Å². The zero-order valence-electron chi connectivity index (χ0n) is 17.7. The van der Waals surface area contributed by atoms with E-state index in [0.717, 1.165) is 47.9 Å². The van der Waals surface area contributed by atoms with Crippen molar-refractivity contribution >= 4 is 21.6 Å². The van der Waals surface area contributed by atoms with Crippen LogP contribution in [0.4, 0.5) is 4.39 Å². The van der Waals surface area contributed by atoms with E-state index in [1.165, 1.54) is 26.6 Å². The van der Waals surface area contributed by atoms with Crippen LogP contribution in [0.25, 0.3) is 10.2 Å². The molecule has 0 unspecified atom stereocenters. The maximum absolute atomic E-state index is 14.1. The molecule has 4 nitrogen and oxygen atoms in total. The molecule has 6 heteroatoms. The zero-order chi connectivity index (χ0) is 21.7. The lowest BCUT2D eigenvalue weighted by molar-refractivity contribution is 0.402. The molecule has 0 saturated carbocycles. The number of rotatable bonds is 4. The summed E-state index contributed by atoms with van der Waals surface area (Å²) in [6, 6.07) is 16.2. The maximum Gasteiger partial charge on any atom is 0.262 e. The molecule has 32 heavy (non-hydrogen) atoms. The second-order valence-electron chi connectivity index (χ2n) is 8.93. The lowest BCUT2D eigenvalue weighted by Crippen LogP contribution is -2.41. The van der Waals surface area contributed by atoms with Crippen LogP contribution in [0.3, 0.4) is 0 Å². The van der Waals surface area contributed by atoms with E-state index in [1.807, 2.05) is 0 Å². The summed E-state index contributed by atoms with van der Waals surface area (Å²) in [5, 5.41) is 4.61. The summed E-state index contributed by atoms with van der Waals surface area (Å²) in [5.74, 6) is -0.296. The molecule has 1 N–H and O–H groups in total. The van der Waals surface area contributed by atoms with Crippen molar-refractivity contribution in [2.45, 2.75) is 50.7 Å². The van der Waals surface area contributed by atoms with Crippen molar-refractivity contribution in [2.75, 3.05) is 0 Å². The first-order valence-corrected chi connectivity index (χ1v) is 12.0. The number of hydrogen-bond donors (Lipinski definition) is 1. The summed E-state index contributed by atoms with van der Waals surface area (Å²) in [5.41, 5.74) is 4.51. The van der Waals surface area contributed by atoms with Crippen LogP contribution >= 0.6 is 11.3 Å². The van der Waals surface area contributed by atoms with Crippen molar-refractivity contribution < 1.29 is 4.39 Å². The van der Waals surface area contributed by atoms with Gasteiger partial charge < -0.3 is 5.32 Å². The lowest BCUT2D eigenvalue weighted by atomic mass is 9.92. The Bertz CT molecular complexity index is 1350. The highest BCUT2D eigenvalue weighted by Gasteiger charge is 2.28. The zero-order valence-corrected chi connectivity index (χ0v) is 18.5. The highest BCUT2D eigenvalue weighted by Crippen LogP contribution is 2.34. The van der Waals surface area contributed by atoms with Gasteiger partial charge in [0.05, 0.1) is 18.3 Å². The highest BCUT2D eigenvalue weighted by molar-refractivity contribution is 7.18. The molecule has 0 spiro atoms. The van der Waals surface area contributed by atoms with Crippen LogP contribution in [0.1, 0.15) is 33.6 Å². The van der Waals surface area contributed by atoms with Crippen molar-refractivity contribution in [1.29, 1.82) is 0 Å². The average molecular weight is 446 g/mol. The molecule has 1 atom stereocenters. The fourth-order valence-corrected chi connectivity index (χ4v) is 6.53. The van der Waals surface area contributed by atoms with Crippen molar-refractivity contribution in [3.63, 3.8) is 0 Å². The Kier molecular flexibility index (Phi) is 4.92. The van der Waals surface area contributed by atoms with E-state index in [1.54, 1.807) is 35.9 Å². The third-order valence-electron chi connectivity index (χ3n) is 6.86. The normalized spacial score (nSPS) is 18.1. The van der Waals surface area contributed by atoms with Gasteiger partial charge in [-0.2, -0.15) is 0 Å². The number of fused-ring (bicyclic) bond motifs is 4. The molecule has 0 fully saturated rings. The minimum absolute atomic E-state index is 0.0617. The van der Waals surface area contributed by atoms with E-state index in [0.29, 0.717) is 17.6 Å². The summed E-state index contributed by atoms with van der Waals surface area (Å²) in [6.45, 7) is 0.200. The van der Waals surface area contributed by atoms with Crippen LogP contribution < -0.4 is 10.9 Å². The highest BCUT2D eigenvalue weighted by atomic mass is 32.1. The predicted molar refractivity (Wildman–Crippen MR) is 126 cm³/mol. The molecule has 0 radical (unpaired) electrons. The van der Waals surface area contributed by atoms with E-state index < -0.39 is 0 Å². The van der Waals surface area contributed by atoms with Crippen LogP contribution in [-0.4, -0.2) is 21.6 Å². The van der Waals surface area contributed by atoms with E-state index in [9.17, 15) is 9.18 Å². The van der Waals surface area contributed by atoms with Crippen LogP contribution in [0, 0.1) is 5.82 Å². The number of nitrogens with zero attached hydrogens (tertiary/aromatic N) is 2. The van der Waals surface area contributed by atoms with Gasteiger partial charge in [0.1, 0.15) is 10.6 Å². The number of aryl methyl sites for hydroxylation is 1. The SMILES string of the molecule is O=c1c2c3c(sc2ncn1Cc1ccccc1F)C[C@H](NC1Cc2ccccc2C1)CC3. The van der Waals surface area contributed by atoms with Crippen molar-refractivity contribution in [3.05, 3.63) is 98.2 Å². The smallest absolute Gasteiger partial charge is 0.262 e. The molecule has 4 aromatic rings. The van der Waals surface area contributed by atoms with Crippen LogP contribution in [0.15, 0.2) is 59.7 Å². The van der Waals surface area contributed by atoms with Crippen LogP contribution in [0.2, 0.25) is 0 Å². The Hall–Kier alpha value is -2.83. The number of thiophene rings is 1. The summed E-state index contributed by atoms with van der Waals surface area (Å²) in [4.78, 5) is 19.9. The number of halogens is 1. The molecule has 0 amide bonds. The fraction of sp³-hybridized carbons (Fsp3) is 0.308. The van der Waals surface area contributed by atoms with Gasteiger partial charge in [-0.1, -0.05) is 42.5 Å². The molecule has 2 aromatic heterocycles. The molecule has 0 aliphatic heterocycles. The molecule has 162 valence electrons. The Morgan fingerprint density at radius 1 is 1.03 bits per heavy atom. The third-order valence-corrected chi connectivity index (χ3v) is 8.02. The minimum atomic E-state index is -0.296. The predicted octanol–water partition coefficient (Wildman–Crippen LogP) is 4.26. The molecule has 2 aliphatic rings. The summed E-state index contributed by atoms with van der Waals surface area (Å²) in [6.07, 6.45) is 6.59. The van der Waals surface area contributed by atoms with Gasteiger partial charge in [0.2, 0.25) is 0 Å². The summed E-state index contributed by atoms with van der Waals surface area (Å²) < 4.78 is 15.6. The standard InChI is InChI=1S/C26H24FN3OS/c27-22-8-4-3-7-18(22)14-30-15-28-25-24(26(30)31)21-10-9-19(13-23(21)32-25)29-20-11-16-5-1-2-6-17(16)12-20/h1-8,15,19-20,29H,9-14H2/t19-/m1/s1. The molecular formula is C26H24FN3OS. The average Bonchev–Trinajstić information content (AvgIpc) is 3.37. The third kappa shape index (κ3) is 3.48. The first-order chi connectivity index (χ1) is 15.7. The molecular weight excluding hydrogens is 421 g/mol. The number of benzene rings is 2. The summed E-state index contributed by atoms with van der Waals surface area (Å²) >= 11 is 1.64. The van der Waals surface area contributed by atoms with Gasteiger partial charge in [-0.3, -0.25) is 9.36 Å². The second kappa shape index (κ2) is 7.94. The van der Waals surface area contributed by atoms with Gasteiger partial charge in [0, 0.05) is 22.5 Å². The largest absolute Gasteiger partial charge is 0.310 e. The maximum atomic E-state index is 14.1. The Labute approximate surface area is 189 Å². The van der Waals surface area contributed by atoms with Crippen molar-refractivity contribution in [1.82, 2.24) is 14.9 Å². The first kappa shape index (κ1) is 19.8. The van der Waals surface area contributed by atoms with Crippen molar-refractivity contribution in [3.8, 4) is 0 Å². The monoisotopic (exact) mass is 445 g/mol. The van der Waals surface area contributed by atoms with E-state index in [-0.39, 0.29) is 17.9 Å². The van der Waals surface area contributed by atoms with Gasteiger partial charge in [-0.25, -0.2) is 9.37 Å². The number of nitrogens with one attached hydrogen (secondary N) is 1. The lowest BCUT2D eigenvalue weighted by Gasteiger charge is -2.26. The Balaban J connectivity index is 1.23. The second-order valence-corrected chi connectivity index (χ2v) is 10.0. The van der Waals surface area contributed by atoms with E-state index >= 15 is 0 Å².